The van der Waals surface area contributed by atoms with Gasteiger partial charge in [-0.3, -0.25) is 14.0 Å². The molecule has 152 valence electrons. The molecule has 2 aromatic heterocycles. The largest absolute Gasteiger partial charge is 0.339 e. The minimum Gasteiger partial charge on any atom is -0.339 e. The average Bonchev–Trinajstić information content (AvgIpc) is 3.25. The Labute approximate surface area is 169 Å². The molecule has 1 saturated heterocycles. The molecule has 0 spiro atoms. The smallest absolute Gasteiger partial charge is 0.329 e. The number of benzene rings is 1. The minimum absolute atomic E-state index is 0. The fourth-order valence-electron chi connectivity index (χ4n) is 3.73. The van der Waals surface area contributed by atoms with E-state index in [2.05, 4.69) is 34.3 Å². The maximum Gasteiger partial charge on any atom is 0.329 e. The third kappa shape index (κ3) is 3.85. The van der Waals surface area contributed by atoms with E-state index in [1.54, 1.807) is 0 Å². The van der Waals surface area contributed by atoms with E-state index in [0.717, 1.165) is 43.6 Å². The number of nitrogens with zero attached hydrogens (tertiary/aromatic N) is 5. The molecule has 0 amide bonds. The van der Waals surface area contributed by atoms with Gasteiger partial charge in [0.2, 0.25) is 5.89 Å². The van der Waals surface area contributed by atoms with Crippen molar-refractivity contribution >= 4 is 23.4 Å². The van der Waals surface area contributed by atoms with E-state index >= 15 is 0 Å². The number of hydrogen-bond donors (Lipinski definition) is 1. The summed E-state index contributed by atoms with van der Waals surface area (Å²) in [6.07, 6.45) is 1.46. The molecule has 3 aromatic rings. The van der Waals surface area contributed by atoms with Crippen LogP contribution in [-0.2, 0) is 19.5 Å². The van der Waals surface area contributed by atoms with Crippen LogP contribution >= 0.6 is 12.4 Å². The lowest BCUT2D eigenvalue weighted by Crippen LogP contribution is -2.44. The maximum atomic E-state index is 12.8. The van der Waals surface area contributed by atoms with Crippen molar-refractivity contribution in [2.24, 2.45) is 0 Å². The van der Waals surface area contributed by atoms with Crippen LogP contribution in [0.2, 0.25) is 0 Å². The molecule has 1 N–H and O–H groups in total. The van der Waals surface area contributed by atoms with Crippen LogP contribution in [0.5, 0.6) is 0 Å². The molecule has 28 heavy (non-hydrogen) atoms. The van der Waals surface area contributed by atoms with Crippen molar-refractivity contribution < 1.29 is 4.52 Å². The highest BCUT2D eigenvalue weighted by molar-refractivity contribution is 5.85. The van der Waals surface area contributed by atoms with Crippen LogP contribution in [0.15, 0.2) is 33.6 Å². The monoisotopic (exact) mass is 406 g/mol. The van der Waals surface area contributed by atoms with Gasteiger partial charge in [0.05, 0.1) is 17.1 Å². The summed E-state index contributed by atoms with van der Waals surface area (Å²) in [5.41, 5.74) is 1.95. The molecule has 0 bridgehead atoms. The molecule has 1 atom stereocenters. The van der Waals surface area contributed by atoms with Crippen molar-refractivity contribution in [2.45, 2.75) is 38.9 Å². The standard InChI is InChI=1S/C19H26N6O2.ClH/c1-3-10-24-14-6-4-5-7-15(14)25(19(24)26)11-8-17-21-18(22-27-17)16-13-20-9-12-23(16)2;/h4-7,16,20H,3,8-13H2,1-2H3;1H. The summed E-state index contributed by atoms with van der Waals surface area (Å²) in [5.74, 6) is 1.28. The molecule has 3 heterocycles. The van der Waals surface area contributed by atoms with Crippen LogP contribution in [0.3, 0.4) is 0 Å². The van der Waals surface area contributed by atoms with Gasteiger partial charge in [-0.25, -0.2) is 4.79 Å². The highest BCUT2D eigenvalue weighted by Crippen LogP contribution is 2.18. The lowest BCUT2D eigenvalue weighted by atomic mass is 10.2. The van der Waals surface area contributed by atoms with E-state index in [0.29, 0.717) is 24.7 Å². The Balaban J connectivity index is 0.00000225. The first-order chi connectivity index (χ1) is 13.2. The minimum atomic E-state index is 0. The second kappa shape index (κ2) is 8.89. The van der Waals surface area contributed by atoms with Crippen LogP contribution in [0.4, 0.5) is 0 Å². The zero-order chi connectivity index (χ0) is 18.8. The molecule has 8 nitrogen and oxygen atoms in total. The summed E-state index contributed by atoms with van der Waals surface area (Å²) in [4.78, 5) is 19.6. The fourth-order valence-corrected chi connectivity index (χ4v) is 3.73. The van der Waals surface area contributed by atoms with Gasteiger partial charge in [0, 0.05) is 39.1 Å². The number of halogens is 1. The van der Waals surface area contributed by atoms with Crippen LogP contribution in [-0.4, -0.2) is 50.9 Å². The number of para-hydroxylation sites is 2. The van der Waals surface area contributed by atoms with Gasteiger partial charge in [-0.15, -0.1) is 12.4 Å². The summed E-state index contributed by atoms with van der Waals surface area (Å²) in [6, 6.07) is 8.05. The van der Waals surface area contributed by atoms with E-state index in [-0.39, 0.29) is 24.1 Å². The first-order valence-corrected chi connectivity index (χ1v) is 9.60. The summed E-state index contributed by atoms with van der Waals surface area (Å²) < 4.78 is 9.11. The van der Waals surface area contributed by atoms with Gasteiger partial charge in [-0.2, -0.15) is 4.98 Å². The number of aryl methyl sites for hydroxylation is 3. The van der Waals surface area contributed by atoms with Crippen molar-refractivity contribution in [3.05, 3.63) is 46.5 Å². The Kier molecular flexibility index (Phi) is 6.53. The molecule has 9 heteroatoms. The van der Waals surface area contributed by atoms with Gasteiger partial charge in [-0.1, -0.05) is 24.2 Å². The number of fused-ring (bicyclic) bond motifs is 1. The summed E-state index contributed by atoms with van der Waals surface area (Å²) in [5, 5.41) is 7.52. The Bertz CT molecular complexity index is 978. The molecule has 1 unspecified atom stereocenters. The first-order valence-electron chi connectivity index (χ1n) is 9.60. The second-order valence-electron chi connectivity index (χ2n) is 7.07. The Morgan fingerprint density at radius 3 is 2.61 bits per heavy atom. The predicted octanol–water partition coefficient (Wildman–Crippen LogP) is 1.84. The zero-order valence-electron chi connectivity index (χ0n) is 16.3. The Morgan fingerprint density at radius 1 is 1.21 bits per heavy atom. The second-order valence-corrected chi connectivity index (χ2v) is 7.07. The molecule has 0 saturated carbocycles. The molecular weight excluding hydrogens is 380 g/mol. The number of likely N-dealkylation sites (N-methyl/N-ethyl adjacent to an activating group) is 1. The summed E-state index contributed by atoms with van der Waals surface area (Å²) >= 11 is 0. The van der Waals surface area contributed by atoms with Crippen LogP contribution in [0.1, 0.15) is 31.1 Å². The lowest BCUT2D eigenvalue weighted by molar-refractivity contribution is 0.190. The fraction of sp³-hybridized carbons (Fsp3) is 0.526. The van der Waals surface area contributed by atoms with Gasteiger partial charge < -0.3 is 9.84 Å². The van der Waals surface area contributed by atoms with Gasteiger partial charge in [-0.05, 0) is 25.6 Å². The summed E-state index contributed by atoms with van der Waals surface area (Å²) in [6.45, 7) is 6.08. The number of aromatic nitrogens is 4. The normalized spacial score (nSPS) is 17.7. The van der Waals surface area contributed by atoms with Gasteiger partial charge in [0.1, 0.15) is 0 Å². The highest BCUT2D eigenvalue weighted by atomic mass is 35.5. The van der Waals surface area contributed by atoms with E-state index < -0.39 is 0 Å². The van der Waals surface area contributed by atoms with Crippen LogP contribution in [0.25, 0.3) is 11.0 Å². The van der Waals surface area contributed by atoms with Gasteiger partial charge in [0.15, 0.2) is 5.82 Å². The van der Waals surface area contributed by atoms with E-state index in [4.69, 9.17) is 4.52 Å². The molecule has 4 rings (SSSR count). The van der Waals surface area contributed by atoms with Crippen molar-refractivity contribution in [3.8, 4) is 0 Å². The number of rotatable bonds is 6. The molecule has 1 aromatic carbocycles. The average molecular weight is 407 g/mol. The molecule has 0 radical (unpaired) electrons. The van der Waals surface area contributed by atoms with Crippen LogP contribution < -0.4 is 11.0 Å². The molecule has 1 aliphatic heterocycles. The van der Waals surface area contributed by atoms with Crippen LogP contribution in [0, 0.1) is 0 Å². The topological polar surface area (TPSA) is 81.1 Å². The number of piperazine rings is 1. The quantitative estimate of drug-likeness (QED) is 0.672. The third-order valence-corrected chi connectivity index (χ3v) is 5.21. The van der Waals surface area contributed by atoms with Crippen molar-refractivity contribution in [1.82, 2.24) is 29.5 Å². The maximum absolute atomic E-state index is 12.8. The highest BCUT2D eigenvalue weighted by Gasteiger charge is 2.25. The first kappa shape index (κ1) is 20.6. The van der Waals surface area contributed by atoms with E-state index in [9.17, 15) is 4.79 Å². The van der Waals surface area contributed by atoms with Crippen molar-refractivity contribution in [3.63, 3.8) is 0 Å². The third-order valence-electron chi connectivity index (χ3n) is 5.21. The van der Waals surface area contributed by atoms with Crippen molar-refractivity contribution in [2.75, 3.05) is 26.7 Å². The summed E-state index contributed by atoms with van der Waals surface area (Å²) in [7, 11) is 2.07. The molecule has 0 aliphatic carbocycles. The predicted molar refractivity (Wildman–Crippen MR) is 110 cm³/mol. The number of imidazole rings is 1. The molecule has 1 fully saturated rings. The Morgan fingerprint density at radius 2 is 1.93 bits per heavy atom. The van der Waals surface area contributed by atoms with E-state index in [1.807, 2.05) is 33.4 Å². The number of hydrogen-bond acceptors (Lipinski definition) is 6. The number of nitrogens with one attached hydrogen (secondary N) is 1. The van der Waals surface area contributed by atoms with Gasteiger partial charge >= 0.3 is 5.69 Å². The Hall–Kier alpha value is -2.16. The lowest BCUT2D eigenvalue weighted by Gasteiger charge is -2.30. The molecular formula is C19H27ClN6O2. The van der Waals surface area contributed by atoms with E-state index in [1.165, 1.54) is 0 Å². The molecule has 1 aliphatic rings. The zero-order valence-corrected chi connectivity index (χ0v) is 17.1. The van der Waals surface area contributed by atoms with Gasteiger partial charge in [0.25, 0.3) is 0 Å². The van der Waals surface area contributed by atoms with Crippen molar-refractivity contribution in [1.29, 1.82) is 0 Å². The SMILES string of the molecule is CCCn1c(=O)n(CCc2nc(C3CNCCN3C)no2)c2ccccc21.Cl.